The highest BCUT2D eigenvalue weighted by molar-refractivity contribution is 5.90. The summed E-state index contributed by atoms with van der Waals surface area (Å²) in [6.07, 6.45) is 3.88. The number of nitrogens with one attached hydrogen (secondary N) is 4. The molecular formula is C30H30N6O2. The van der Waals surface area contributed by atoms with Crippen LogP contribution in [-0.4, -0.2) is 59.5 Å². The van der Waals surface area contributed by atoms with Gasteiger partial charge in [-0.05, 0) is 39.6 Å². The second-order valence-electron chi connectivity index (χ2n) is 9.87. The molecule has 0 radical (unpaired) electrons. The fourth-order valence-corrected chi connectivity index (χ4v) is 5.23. The molecule has 2 saturated heterocycles. The molecule has 38 heavy (non-hydrogen) atoms. The van der Waals surface area contributed by atoms with Gasteiger partial charge in [0.05, 0.1) is 56.1 Å². The SMILES string of the molecule is c1cc(-c2cnc(C3COCCN3)[nH]2)ccc1-c1ccc2cc(-c3c[nH]c(C4COCCN4)n3)ccc2c1. The maximum absolute atomic E-state index is 5.58. The molecule has 2 unspecified atom stereocenters. The van der Waals surface area contributed by atoms with Crippen molar-refractivity contribution in [3.05, 3.63) is 84.7 Å². The van der Waals surface area contributed by atoms with Crippen LogP contribution < -0.4 is 10.6 Å². The lowest BCUT2D eigenvalue weighted by Crippen LogP contribution is -2.35. The number of aromatic amines is 2. The van der Waals surface area contributed by atoms with Crippen molar-refractivity contribution in [3.8, 4) is 33.6 Å². The fraction of sp³-hybridized carbons (Fsp3) is 0.267. The second-order valence-corrected chi connectivity index (χ2v) is 9.87. The highest BCUT2D eigenvalue weighted by Crippen LogP contribution is 2.30. The highest BCUT2D eigenvalue weighted by atomic mass is 16.5. The summed E-state index contributed by atoms with van der Waals surface area (Å²) in [5.41, 5.74) is 6.55. The van der Waals surface area contributed by atoms with Gasteiger partial charge >= 0.3 is 0 Å². The lowest BCUT2D eigenvalue weighted by atomic mass is 9.98. The van der Waals surface area contributed by atoms with Gasteiger partial charge in [-0.2, -0.15) is 0 Å². The minimum Gasteiger partial charge on any atom is -0.378 e. The van der Waals surface area contributed by atoms with E-state index in [1.165, 1.54) is 21.9 Å². The van der Waals surface area contributed by atoms with Crippen molar-refractivity contribution in [1.82, 2.24) is 30.6 Å². The number of aromatic nitrogens is 4. The number of H-pyrrole nitrogens is 2. The number of ether oxygens (including phenoxy) is 2. The predicted octanol–water partition coefficient (Wildman–Crippen LogP) is 4.61. The van der Waals surface area contributed by atoms with E-state index in [1.807, 2.05) is 12.4 Å². The van der Waals surface area contributed by atoms with Crippen LogP contribution in [0.25, 0.3) is 44.4 Å². The van der Waals surface area contributed by atoms with Crippen LogP contribution in [0.1, 0.15) is 23.7 Å². The summed E-state index contributed by atoms with van der Waals surface area (Å²) < 4.78 is 11.1. The fourth-order valence-electron chi connectivity index (χ4n) is 5.23. The van der Waals surface area contributed by atoms with Gasteiger partial charge < -0.3 is 30.1 Å². The smallest absolute Gasteiger partial charge is 0.126 e. The van der Waals surface area contributed by atoms with Crippen molar-refractivity contribution in [2.75, 3.05) is 39.5 Å². The molecule has 192 valence electrons. The summed E-state index contributed by atoms with van der Waals surface area (Å²) in [4.78, 5) is 16.2. The van der Waals surface area contributed by atoms with E-state index in [4.69, 9.17) is 14.5 Å². The van der Waals surface area contributed by atoms with E-state index < -0.39 is 0 Å². The number of morpholine rings is 2. The van der Waals surface area contributed by atoms with Gasteiger partial charge in [-0.15, -0.1) is 0 Å². The Morgan fingerprint density at radius 2 is 1.32 bits per heavy atom. The summed E-state index contributed by atoms with van der Waals surface area (Å²) >= 11 is 0. The zero-order valence-corrected chi connectivity index (χ0v) is 21.0. The van der Waals surface area contributed by atoms with E-state index in [9.17, 15) is 0 Å². The Kier molecular flexibility index (Phi) is 6.23. The van der Waals surface area contributed by atoms with E-state index in [-0.39, 0.29) is 12.1 Å². The van der Waals surface area contributed by atoms with Crippen molar-refractivity contribution in [2.24, 2.45) is 0 Å². The van der Waals surface area contributed by atoms with Crippen LogP contribution in [0.4, 0.5) is 0 Å². The predicted molar refractivity (Wildman–Crippen MR) is 148 cm³/mol. The van der Waals surface area contributed by atoms with E-state index in [0.717, 1.165) is 60.5 Å². The van der Waals surface area contributed by atoms with Crippen molar-refractivity contribution >= 4 is 10.8 Å². The lowest BCUT2D eigenvalue weighted by Gasteiger charge is -2.21. The highest BCUT2D eigenvalue weighted by Gasteiger charge is 2.20. The van der Waals surface area contributed by atoms with Crippen LogP contribution >= 0.6 is 0 Å². The Hall–Kier alpha value is -3.82. The largest absolute Gasteiger partial charge is 0.378 e. The quantitative estimate of drug-likeness (QED) is 0.278. The standard InChI is InChI=1S/C30H30N6O2/c1-3-20(25-15-33-29(35-25)27-17-37-11-9-31-27)4-2-19(1)21-5-6-23-14-24(8-7-22(23)13-21)26-16-34-30(36-26)28-18-38-12-10-32-28/h1-8,13-16,27-28,31-32H,9-12,17-18H2,(H,33,35)(H,34,36). The number of benzene rings is 3. The van der Waals surface area contributed by atoms with Gasteiger partial charge in [0.15, 0.2) is 0 Å². The second kappa shape index (κ2) is 10.2. The maximum atomic E-state index is 5.58. The molecule has 2 atom stereocenters. The van der Waals surface area contributed by atoms with Crippen LogP contribution in [-0.2, 0) is 9.47 Å². The van der Waals surface area contributed by atoms with Gasteiger partial charge in [-0.1, -0.05) is 48.5 Å². The molecule has 3 aromatic carbocycles. The molecule has 0 amide bonds. The molecule has 8 nitrogen and oxygen atoms in total. The van der Waals surface area contributed by atoms with Crippen LogP contribution in [0.2, 0.25) is 0 Å². The third-order valence-corrected chi connectivity index (χ3v) is 7.36. The van der Waals surface area contributed by atoms with E-state index in [0.29, 0.717) is 13.2 Å². The Balaban J connectivity index is 1.09. The Morgan fingerprint density at radius 3 is 2.03 bits per heavy atom. The summed E-state index contributed by atoms with van der Waals surface area (Å²) in [5, 5.41) is 9.28. The minimum absolute atomic E-state index is 0.116. The molecule has 0 aliphatic carbocycles. The number of rotatable bonds is 5. The number of hydrogen-bond acceptors (Lipinski definition) is 6. The molecule has 5 aromatic rings. The average Bonchev–Trinajstić information content (AvgIpc) is 3.69. The van der Waals surface area contributed by atoms with Crippen molar-refractivity contribution in [3.63, 3.8) is 0 Å². The number of fused-ring (bicyclic) bond motifs is 1. The van der Waals surface area contributed by atoms with Gasteiger partial charge in [-0.3, -0.25) is 0 Å². The van der Waals surface area contributed by atoms with Crippen molar-refractivity contribution in [1.29, 1.82) is 0 Å². The van der Waals surface area contributed by atoms with E-state index >= 15 is 0 Å². The summed E-state index contributed by atoms with van der Waals surface area (Å²) in [5.74, 6) is 1.84. The van der Waals surface area contributed by atoms with Gasteiger partial charge in [0.2, 0.25) is 0 Å². The van der Waals surface area contributed by atoms with Crippen LogP contribution in [0.15, 0.2) is 73.1 Å². The van der Waals surface area contributed by atoms with Gasteiger partial charge in [0, 0.05) is 24.8 Å². The molecule has 2 aromatic heterocycles. The van der Waals surface area contributed by atoms with Gasteiger partial charge in [0.25, 0.3) is 0 Å². The first kappa shape index (κ1) is 23.3. The third kappa shape index (κ3) is 4.63. The Morgan fingerprint density at radius 1 is 0.684 bits per heavy atom. The monoisotopic (exact) mass is 506 g/mol. The van der Waals surface area contributed by atoms with Crippen molar-refractivity contribution in [2.45, 2.75) is 12.1 Å². The zero-order chi connectivity index (χ0) is 25.3. The first-order chi connectivity index (χ1) is 18.8. The molecule has 4 heterocycles. The maximum Gasteiger partial charge on any atom is 0.126 e. The number of hydrogen-bond donors (Lipinski definition) is 4. The van der Waals surface area contributed by atoms with E-state index in [1.54, 1.807) is 0 Å². The average molecular weight is 507 g/mol. The molecule has 2 aliphatic rings. The Labute approximate surface area is 220 Å². The molecule has 2 fully saturated rings. The summed E-state index contributed by atoms with van der Waals surface area (Å²) in [6.45, 7) is 4.48. The lowest BCUT2D eigenvalue weighted by molar-refractivity contribution is 0.0744. The first-order valence-electron chi connectivity index (χ1n) is 13.2. The van der Waals surface area contributed by atoms with Crippen LogP contribution in [0.3, 0.4) is 0 Å². The zero-order valence-electron chi connectivity index (χ0n) is 21.0. The molecule has 4 N–H and O–H groups in total. The molecule has 0 spiro atoms. The Bertz CT molecular complexity index is 1540. The molecule has 7 rings (SSSR count). The number of nitrogens with zero attached hydrogens (tertiary/aromatic N) is 2. The summed E-state index contributed by atoms with van der Waals surface area (Å²) in [6, 6.07) is 22.0. The van der Waals surface area contributed by atoms with Gasteiger partial charge in [0.1, 0.15) is 11.6 Å². The summed E-state index contributed by atoms with van der Waals surface area (Å²) in [7, 11) is 0. The van der Waals surface area contributed by atoms with Crippen LogP contribution in [0.5, 0.6) is 0 Å². The first-order valence-corrected chi connectivity index (χ1v) is 13.2. The van der Waals surface area contributed by atoms with Crippen molar-refractivity contribution < 1.29 is 9.47 Å². The third-order valence-electron chi connectivity index (χ3n) is 7.36. The molecular weight excluding hydrogens is 476 g/mol. The van der Waals surface area contributed by atoms with E-state index in [2.05, 4.69) is 86.2 Å². The molecule has 0 bridgehead atoms. The molecule has 8 heteroatoms. The van der Waals surface area contributed by atoms with Gasteiger partial charge in [-0.25, -0.2) is 9.97 Å². The molecule has 2 aliphatic heterocycles. The molecule has 0 saturated carbocycles. The van der Waals surface area contributed by atoms with Crippen LogP contribution in [0, 0.1) is 0 Å². The topological polar surface area (TPSA) is 99.9 Å². The minimum atomic E-state index is 0.116. The number of imidazole rings is 2. The normalized spacial score (nSPS) is 20.1.